The molecule has 1 atom stereocenters. The fraction of sp³-hybridized carbons (Fsp3) is 0.312. The molecule has 4 heterocycles. The molecule has 0 spiro atoms. The summed E-state index contributed by atoms with van der Waals surface area (Å²) in [5.41, 5.74) is 5.18. The van der Waals surface area contributed by atoms with Crippen LogP contribution in [-0.2, 0) is 0 Å². The molecule has 1 unspecified atom stereocenters. The van der Waals surface area contributed by atoms with Crippen molar-refractivity contribution in [2.45, 2.75) is 82.9 Å². The van der Waals surface area contributed by atoms with Gasteiger partial charge in [0.15, 0.2) is 29.2 Å². The molecule has 2 saturated carbocycles. The van der Waals surface area contributed by atoms with Gasteiger partial charge in [-0.1, -0.05) is 24.3 Å². The summed E-state index contributed by atoms with van der Waals surface area (Å²) in [5, 5.41) is 30.7. The van der Waals surface area contributed by atoms with Gasteiger partial charge >= 0.3 is 12.4 Å². The number of benzene rings is 3. The number of amides is 2. The Hall–Kier alpha value is -7.49. The van der Waals surface area contributed by atoms with Crippen molar-refractivity contribution < 1.29 is 54.6 Å². The van der Waals surface area contributed by atoms with Crippen LogP contribution in [0.3, 0.4) is 0 Å². The third-order valence-electron chi connectivity index (χ3n) is 11.5. The Bertz CT molecular complexity index is 3110. The zero-order valence-corrected chi connectivity index (χ0v) is 37.4. The Morgan fingerprint density at radius 3 is 1.66 bits per heavy atom. The fourth-order valence-corrected chi connectivity index (χ4v) is 7.53. The monoisotopic (exact) mass is 976 g/mol. The number of aromatic nitrogens is 6. The minimum absolute atomic E-state index is 0.0541. The van der Waals surface area contributed by atoms with Gasteiger partial charge in [-0.15, -0.1) is 0 Å². The predicted octanol–water partition coefficient (Wildman–Crippen LogP) is 9.09. The molecule has 70 heavy (non-hydrogen) atoms. The highest BCUT2D eigenvalue weighted by Crippen LogP contribution is 2.33. The van der Waals surface area contributed by atoms with Crippen LogP contribution in [0.15, 0.2) is 79.1 Å². The number of nitrogens with zero attached hydrogens (tertiary/aromatic N) is 6. The Labute approximate surface area is 393 Å². The quantitative estimate of drug-likeness (QED) is 0.0492. The molecule has 0 radical (unpaired) electrons. The lowest BCUT2D eigenvalue weighted by Crippen LogP contribution is -2.26. The molecule has 7 aromatic rings. The molecule has 4 aromatic heterocycles. The average Bonchev–Trinajstić information content (AvgIpc) is 4.22. The lowest BCUT2D eigenvalue weighted by molar-refractivity contribution is -0.132. The van der Waals surface area contributed by atoms with E-state index in [0.717, 1.165) is 37.3 Å². The van der Waals surface area contributed by atoms with Gasteiger partial charge in [-0.25, -0.2) is 27.8 Å². The molecule has 0 saturated heterocycles. The van der Waals surface area contributed by atoms with Crippen molar-refractivity contribution in [3.63, 3.8) is 0 Å². The van der Waals surface area contributed by atoms with Crippen molar-refractivity contribution in [2.24, 2.45) is 0 Å². The van der Waals surface area contributed by atoms with Gasteiger partial charge in [0.05, 0.1) is 53.7 Å². The van der Waals surface area contributed by atoms with Crippen LogP contribution in [-0.4, -0.2) is 89.9 Å². The van der Waals surface area contributed by atoms with Crippen LogP contribution in [0, 0.1) is 25.5 Å². The highest BCUT2D eigenvalue weighted by atomic mass is 19.4. The molecule has 0 aliphatic heterocycles. The standard InChI is InChI=1S/C27H24F5N5O2.C21H20F3N5O2/c1-14-11-15(5-8-17(14)26(39)35-16-6-7-16)22-13-34-25-21(33-10-9-27(30,31)32)12-20(36-37(22)25)24(38)18-3-2-4-19(28)23(18)29;1-12-8-13(2-5-16(12)20(31)27-14-3-4-14)18-10-26-19-17(25-7-6-21(22,23)24)9-15(11-30)28-29(18)19/h2-5,8,11-13,16,24,33,38H,6-7,9-10H2,1H3,(H,35,39);2,5,8-11,14,25H,3-4,6-7H2,1H3,(H,27,31). The second-order valence-electron chi connectivity index (χ2n) is 17.0. The normalized spacial score (nSPS) is 14.2. The van der Waals surface area contributed by atoms with Gasteiger partial charge < -0.3 is 26.4 Å². The lowest BCUT2D eigenvalue weighted by atomic mass is 10.0. The summed E-state index contributed by atoms with van der Waals surface area (Å²) in [6, 6.07) is 16.8. The SMILES string of the molecule is Cc1cc(-c2cnc3c(NCCC(F)(F)F)cc(C(O)c4cccc(F)c4F)nn23)ccc1C(=O)NC1CC1.Cc1cc(-c2cnc3c(NCCC(F)(F)F)cc(C=O)nn23)ccc1C(=O)NC1CC1. The van der Waals surface area contributed by atoms with Crippen molar-refractivity contribution in [2.75, 3.05) is 23.7 Å². The van der Waals surface area contributed by atoms with Gasteiger partial charge in [0.25, 0.3) is 11.8 Å². The van der Waals surface area contributed by atoms with Crippen molar-refractivity contribution >= 4 is 40.8 Å². The molecule has 3 aromatic carbocycles. The molecule has 9 rings (SSSR count). The molecule has 14 nitrogen and oxygen atoms in total. The van der Waals surface area contributed by atoms with Crippen molar-refractivity contribution in [1.29, 1.82) is 0 Å². The summed E-state index contributed by atoms with van der Waals surface area (Å²) in [7, 11) is 0. The van der Waals surface area contributed by atoms with Crippen LogP contribution < -0.4 is 21.3 Å². The van der Waals surface area contributed by atoms with E-state index in [1.807, 2.05) is 13.0 Å². The minimum Gasteiger partial charge on any atom is -0.382 e. The van der Waals surface area contributed by atoms with Crippen LogP contribution in [0.25, 0.3) is 33.8 Å². The number of hydrogen-bond donors (Lipinski definition) is 5. The first kappa shape index (κ1) is 48.9. The van der Waals surface area contributed by atoms with E-state index in [9.17, 15) is 54.6 Å². The number of halogens is 8. The first-order valence-corrected chi connectivity index (χ1v) is 22.1. The van der Waals surface area contributed by atoms with Crippen molar-refractivity contribution in [3.8, 4) is 22.5 Å². The lowest BCUT2D eigenvalue weighted by Gasteiger charge is -2.16. The molecule has 2 aliphatic carbocycles. The minimum atomic E-state index is -4.41. The first-order valence-electron chi connectivity index (χ1n) is 22.1. The van der Waals surface area contributed by atoms with Crippen molar-refractivity contribution in [3.05, 3.63) is 130 Å². The number of carbonyl (C=O) groups is 3. The number of carbonyl (C=O) groups excluding carboxylic acids is 3. The summed E-state index contributed by atoms with van der Waals surface area (Å²) in [4.78, 5) is 44.8. The number of alkyl halides is 6. The van der Waals surface area contributed by atoms with Crippen LogP contribution in [0.1, 0.15) is 98.2 Å². The largest absolute Gasteiger partial charge is 0.390 e. The molecule has 22 heteroatoms. The maximum absolute atomic E-state index is 14.4. The number of aryl methyl sites for hydroxylation is 2. The summed E-state index contributed by atoms with van der Waals surface area (Å²) in [6.07, 6.45) is -5.18. The molecule has 2 fully saturated rings. The topological polar surface area (TPSA) is 180 Å². The Balaban J connectivity index is 0.000000193. The second-order valence-corrected chi connectivity index (χ2v) is 17.0. The molecule has 5 N–H and O–H groups in total. The van der Waals surface area contributed by atoms with Gasteiger partial charge in [-0.05, 0) is 93.1 Å². The summed E-state index contributed by atoms with van der Waals surface area (Å²) >= 11 is 0. The molecule has 0 bridgehead atoms. The Morgan fingerprint density at radius 1 is 0.714 bits per heavy atom. The Morgan fingerprint density at radius 2 is 1.20 bits per heavy atom. The number of hydrogen-bond acceptors (Lipinski definition) is 10. The summed E-state index contributed by atoms with van der Waals surface area (Å²) in [5.74, 6) is -2.74. The average molecular weight is 977 g/mol. The Kier molecular flexibility index (Phi) is 13.9. The molecular formula is C48H44F8N10O4. The zero-order chi connectivity index (χ0) is 50.1. The van der Waals surface area contributed by atoms with E-state index in [-0.39, 0.29) is 64.4 Å². The molecule has 2 amide bonds. The van der Waals surface area contributed by atoms with Crippen LogP contribution in [0.2, 0.25) is 0 Å². The third-order valence-corrected chi connectivity index (χ3v) is 11.5. The zero-order valence-electron chi connectivity index (χ0n) is 37.4. The van der Waals surface area contributed by atoms with Crippen molar-refractivity contribution in [1.82, 2.24) is 39.8 Å². The van der Waals surface area contributed by atoms with Gasteiger partial charge in [-0.2, -0.15) is 36.5 Å². The number of nitrogens with one attached hydrogen (secondary N) is 4. The maximum Gasteiger partial charge on any atom is 0.390 e. The molecule has 366 valence electrons. The number of fused-ring (bicyclic) bond motifs is 2. The van der Waals surface area contributed by atoms with Gasteiger partial charge in [0.2, 0.25) is 0 Å². The van der Waals surface area contributed by atoms with Gasteiger partial charge in [0, 0.05) is 53.0 Å². The summed E-state index contributed by atoms with van der Waals surface area (Å²) in [6.45, 7) is 2.75. The molecular weight excluding hydrogens is 933 g/mol. The van der Waals surface area contributed by atoms with Crippen LogP contribution in [0.4, 0.5) is 46.5 Å². The first-order chi connectivity index (χ1) is 33.3. The van der Waals surface area contributed by atoms with Gasteiger partial charge in [-0.3, -0.25) is 14.4 Å². The number of aldehydes is 1. The number of anilines is 2. The van der Waals surface area contributed by atoms with Crippen LogP contribution in [0.5, 0.6) is 0 Å². The maximum atomic E-state index is 14.4. The number of rotatable bonds is 15. The van der Waals surface area contributed by atoms with E-state index < -0.39 is 49.5 Å². The smallest absolute Gasteiger partial charge is 0.382 e. The van der Waals surface area contributed by atoms with E-state index >= 15 is 0 Å². The highest BCUT2D eigenvalue weighted by molar-refractivity contribution is 5.97. The van der Waals surface area contributed by atoms with E-state index in [1.54, 1.807) is 37.3 Å². The second kappa shape index (κ2) is 19.9. The summed E-state index contributed by atoms with van der Waals surface area (Å²) < 4.78 is 107. The number of aliphatic hydroxyl groups excluding tert-OH is 1. The van der Waals surface area contributed by atoms with Crippen LogP contribution >= 0.6 is 0 Å². The predicted molar refractivity (Wildman–Crippen MR) is 241 cm³/mol. The number of imidazole rings is 2. The van der Waals surface area contributed by atoms with Gasteiger partial charge in [0.1, 0.15) is 11.8 Å². The highest BCUT2D eigenvalue weighted by Gasteiger charge is 2.30. The third kappa shape index (κ3) is 11.5. The molecule has 2 aliphatic rings. The fourth-order valence-electron chi connectivity index (χ4n) is 7.53. The van der Waals surface area contributed by atoms with E-state index in [4.69, 9.17) is 0 Å². The number of aliphatic hydroxyl groups is 1. The van der Waals surface area contributed by atoms with E-state index in [1.165, 1.54) is 45.7 Å². The van der Waals surface area contributed by atoms with E-state index in [0.29, 0.717) is 51.1 Å². The van der Waals surface area contributed by atoms with E-state index in [2.05, 4.69) is 41.4 Å².